The average molecular weight is 186 g/mol. The first-order chi connectivity index (χ1) is 5.97. The van der Waals surface area contributed by atoms with Gasteiger partial charge in [-0.3, -0.25) is 4.79 Å². The zero-order chi connectivity index (χ0) is 10.1. The second kappa shape index (κ2) is 3.64. The highest BCUT2D eigenvalue weighted by Gasteiger charge is 2.34. The van der Waals surface area contributed by atoms with Crippen molar-refractivity contribution in [3.63, 3.8) is 0 Å². The first-order valence-corrected chi connectivity index (χ1v) is 4.63. The molecule has 1 saturated heterocycles. The van der Waals surface area contributed by atoms with Gasteiger partial charge >= 0.3 is 0 Å². The molecule has 0 saturated carbocycles. The van der Waals surface area contributed by atoms with Crippen molar-refractivity contribution in [3.8, 4) is 0 Å². The van der Waals surface area contributed by atoms with Crippen LogP contribution in [-0.4, -0.2) is 41.7 Å². The highest BCUT2D eigenvalue weighted by atomic mass is 16.3. The fraction of sp³-hybridized carbons (Fsp3) is 0.889. The van der Waals surface area contributed by atoms with Gasteiger partial charge in [0.2, 0.25) is 5.91 Å². The highest BCUT2D eigenvalue weighted by Crippen LogP contribution is 2.20. The van der Waals surface area contributed by atoms with Crippen molar-refractivity contribution in [1.82, 2.24) is 4.90 Å². The first kappa shape index (κ1) is 10.5. The van der Waals surface area contributed by atoms with Gasteiger partial charge in [-0.25, -0.2) is 0 Å². The summed E-state index contributed by atoms with van der Waals surface area (Å²) in [6.07, 6.45) is 0.868. The lowest BCUT2D eigenvalue weighted by Crippen LogP contribution is -2.42. The van der Waals surface area contributed by atoms with Gasteiger partial charge < -0.3 is 15.7 Å². The van der Waals surface area contributed by atoms with Gasteiger partial charge in [0.25, 0.3) is 0 Å². The van der Waals surface area contributed by atoms with Crippen LogP contribution < -0.4 is 5.73 Å². The number of nitrogens with zero attached hydrogens (tertiary/aromatic N) is 1. The average Bonchev–Trinajstić information content (AvgIpc) is 2.50. The lowest BCUT2D eigenvalue weighted by molar-refractivity contribution is -0.141. The number of nitrogens with two attached hydrogens (primary N) is 1. The standard InChI is InChI=1S/C9H18N2O2/c1-9(2,6-12)8(13)11-4-3-7(10)5-11/h7,12H,3-6,10H2,1-2H3. The van der Waals surface area contributed by atoms with E-state index in [1.54, 1.807) is 18.7 Å². The molecule has 76 valence electrons. The molecule has 4 nitrogen and oxygen atoms in total. The van der Waals surface area contributed by atoms with Crippen LogP contribution in [0.2, 0.25) is 0 Å². The summed E-state index contributed by atoms with van der Waals surface area (Å²) < 4.78 is 0. The Balaban J connectivity index is 2.58. The van der Waals surface area contributed by atoms with Crippen LogP contribution in [-0.2, 0) is 4.79 Å². The molecule has 1 amide bonds. The van der Waals surface area contributed by atoms with Crippen LogP contribution in [0.1, 0.15) is 20.3 Å². The summed E-state index contributed by atoms with van der Waals surface area (Å²) in [5, 5.41) is 9.01. The number of rotatable bonds is 2. The minimum absolute atomic E-state index is 0.00273. The molecule has 3 N–H and O–H groups in total. The minimum atomic E-state index is -0.663. The molecule has 1 unspecified atom stereocenters. The van der Waals surface area contributed by atoms with E-state index in [9.17, 15) is 4.79 Å². The number of aliphatic hydroxyl groups is 1. The maximum absolute atomic E-state index is 11.8. The Bertz CT molecular complexity index is 204. The Labute approximate surface area is 78.7 Å². The van der Waals surface area contributed by atoms with Crippen molar-refractivity contribution in [3.05, 3.63) is 0 Å². The molecule has 1 rings (SSSR count). The summed E-state index contributed by atoms with van der Waals surface area (Å²) in [4.78, 5) is 13.5. The summed E-state index contributed by atoms with van der Waals surface area (Å²) >= 11 is 0. The summed E-state index contributed by atoms with van der Waals surface area (Å²) in [6, 6.07) is 0.110. The Morgan fingerprint density at radius 1 is 1.69 bits per heavy atom. The third-order valence-electron chi connectivity index (χ3n) is 2.49. The Morgan fingerprint density at radius 3 is 2.69 bits per heavy atom. The maximum atomic E-state index is 11.8. The van der Waals surface area contributed by atoms with E-state index in [1.165, 1.54) is 0 Å². The quantitative estimate of drug-likeness (QED) is 0.614. The van der Waals surface area contributed by atoms with Crippen molar-refractivity contribution in [2.24, 2.45) is 11.1 Å². The third-order valence-corrected chi connectivity index (χ3v) is 2.49. The molecule has 1 atom stereocenters. The number of carbonyl (C=O) groups excluding carboxylic acids is 1. The molecular weight excluding hydrogens is 168 g/mol. The number of hydrogen-bond donors (Lipinski definition) is 2. The van der Waals surface area contributed by atoms with Gasteiger partial charge in [-0.2, -0.15) is 0 Å². The smallest absolute Gasteiger partial charge is 0.230 e. The zero-order valence-corrected chi connectivity index (χ0v) is 8.29. The number of carbonyl (C=O) groups is 1. The number of amides is 1. The predicted molar refractivity (Wildman–Crippen MR) is 50.0 cm³/mol. The van der Waals surface area contributed by atoms with E-state index in [-0.39, 0.29) is 18.6 Å². The Morgan fingerprint density at radius 2 is 2.31 bits per heavy atom. The molecule has 1 aliphatic rings. The molecule has 1 fully saturated rings. The van der Waals surface area contributed by atoms with Gasteiger partial charge in [-0.15, -0.1) is 0 Å². The van der Waals surface area contributed by atoms with Gasteiger partial charge in [0.1, 0.15) is 0 Å². The van der Waals surface area contributed by atoms with E-state index in [4.69, 9.17) is 10.8 Å². The van der Waals surface area contributed by atoms with Gasteiger partial charge in [-0.05, 0) is 20.3 Å². The SMILES string of the molecule is CC(C)(CO)C(=O)N1CCC(N)C1. The monoisotopic (exact) mass is 186 g/mol. The number of aliphatic hydroxyl groups excluding tert-OH is 1. The van der Waals surface area contributed by atoms with Crippen LogP contribution >= 0.6 is 0 Å². The van der Waals surface area contributed by atoms with Gasteiger partial charge in [0.15, 0.2) is 0 Å². The van der Waals surface area contributed by atoms with Crippen LogP contribution in [0.25, 0.3) is 0 Å². The molecule has 0 aromatic rings. The molecule has 0 aromatic heterocycles. The van der Waals surface area contributed by atoms with Gasteiger partial charge in [-0.1, -0.05) is 0 Å². The summed E-state index contributed by atoms with van der Waals surface area (Å²) in [6.45, 7) is 4.74. The lowest BCUT2D eigenvalue weighted by atomic mass is 9.93. The van der Waals surface area contributed by atoms with Crippen molar-refractivity contribution >= 4 is 5.91 Å². The molecule has 0 bridgehead atoms. The number of likely N-dealkylation sites (tertiary alicyclic amines) is 1. The second-order valence-corrected chi connectivity index (χ2v) is 4.34. The molecule has 4 heteroatoms. The van der Waals surface area contributed by atoms with Crippen LogP contribution in [0.15, 0.2) is 0 Å². The molecule has 0 aromatic carbocycles. The van der Waals surface area contributed by atoms with E-state index in [0.29, 0.717) is 6.54 Å². The molecule has 0 radical (unpaired) electrons. The van der Waals surface area contributed by atoms with E-state index in [0.717, 1.165) is 13.0 Å². The highest BCUT2D eigenvalue weighted by molar-refractivity contribution is 5.82. The number of hydrogen-bond acceptors (Lipinski definition) is 3. The second-order valence-electron chi connectivity index (χ2n) is 4.34. The van der Waals surface area contributed by atoms with E-state index < -0.39 is 5.41 Å². The first-order valence-electron chi connectivity index (χ1n) is 4.63. The largest absolute Gasteiger partial charge is 0.395 e. The van der Waals surface area contributed by atoms with E-state index >= 15 is 0 Å². The molecular formula is C9H18N2O2. The zero-order valence-electron chi connectivity index (χ0n) is 8.29. The molecule has 0 aliphatic carbocycles. The Hall–Kier alpha value is -0.610. The molecule has 1 heterocycles. The fourth-order valence-electron chi connectivity index (χ4n) is 1.47. The van der Waals surface area contributed by atoms with Gasteiger partial charge in [0, 0.05) is 19.1 Å². The van der Waals surface area contributed by atoms with Crippen LogP contribution in [0.4, 0.5) is 0 Å². The third kappa shape index (κ3) is 2.19. The molecule has 1 aliphatic heterocycles. The van der Waals surface area contributed by atoms with Crippen LogP contribution in [0.3, 0.4) is 0 Å². The fourth-order valence-corrected chi connectivity index (χ4v) is 1.47. The normalized spacial score (nSPS) is 23.7. The van der Waals surface area contributed by atoms with Crippen molar-refractivity contribution in [2.75, 3.05) is 19.7 Å². The summed E-state index contributed by atoms with van der Waals surface area (Å²) in [5.74, 6) is 0.00273. The van der Waals surface area contributed by atoms with Crippen LogP contribution in [0, 0.1) is 5.41 Å². The minimum Gasteiger partial charge on any atom is -0.395 e. The Kier molecular flexibility index (Phi) is 2.93. The van der Waals surface area contributed by atoms with E-state index in [1.807, 2.05) is 0 Å². The van der Waals surface area contributed by atoms with Crippen LogP contribution in [0.5, 0.6) is 0 Å². The summed E-state index contributed by atoms with van der Waals surface area (Å²) in [7, 11) is 0. The summed E-state index contributed by atoms with van der Waals surface area (Å²) in [5.41, 5.74) is 5.03. The maximum Gasteiger partial charge on any atom is 0.230 e. The predicted octanol–water partition coefficient (Wildman–Crippen LogP) is -0.435. The van der Waals surface area contributed by atoms with Crippen molar-refractivity contribution < 1.29 is 9.90 Å². The topological polar surface area (TPSA) is 66.6 Å². The van der Waals surface area contributed by atoms with Gasteiger partial charge in [0.05, 0.1) is 12.0 Å². The van der Waals surface area contributed by atoms with Crippen molar-refractivity contribution in [1.29, 1.82) is 0 Å². The van der Waals surface area contributed by atoms with Crippen molar-refractivity contribution in [2.45, 2.75) is 26.3 Å². The lowest BCUT2D eigenvalue weighted by Gasteiger charge is -2.27. The molecule has 13 heavy (non-hydrogen) atoms. The van der Waals surface area contributed by atoms with E-state index in [2.05, 4.69) is 0 Å². The molecule has 0 spiro atoms.